The van der Waals surface area contributed by atoms with Gasteiger partial charge in [0.2, 0.25) is 0 Å². The van der Waals surface area contributed by atoms with Crippen molar-refractivity contribution in [2.24, 2.45) is 0 Å². The number of likely N-dealkylation sites (N-methyl/N-ethyl adjacent to an activating group) is 1. The zero-order valence-electron chi connectivity index (χ0n) is 13.6. The molecule has 0 aliphatic rings. The molecule has 0 aromatic heterocycles. The fraction of sp³-hybridized carbons (Fsp3) is 0.300. The van der Waals surface area contributed by atoms with Gasteiger partial charge in [-0.2, -0.15) is 0 Å². The van der Waals surface area contributed by atoms with Crippen molar-refractivity contribution < 1.29 is 5.11 Å². The highest BCUT2D eigenvalue weighted by Crippen LogP contribution is 2.33. The molecule has 0 bridgehead atoms. The van der Waals surface area contributed by atoms with Crippen LogP contribution in [0.5, 0.6) is 0 Å². The molecular formula is C20H22ClNO. The van der Waals surface area contributed by atoms with E-state index in [0.717, 1.165) is 45.2 Å². The summed E-state index contributed by atoms with van der Waals surface area (Å²) in [4.78, 5) is 2.23. The third-order valence-corrected chi connectivity index (χ3v) is 4.86. The van der Waals surface area contributed by atoms with E-state index in [9.17, 15) is 5.11 Å². The summed E-state index contributed by atoms with van der Waals surface area (Å²) >= 11 is 6.39. The molecule has 0 aliphatic carbocycles. The predicted molar refractivity (Wildman–Crippen MR) is 99.2 cm³/mol. The van der Waals surface area contributed by atoms with Gasteiger partial charge in [-0.15, -0.1) is 0 Å². The smallest absolute Gasteiger partial charge is 0.0917 e. The number of aliphatic hydroxyl groups is 1. The summed E-state index contributed by atoms with van der Waals surface area (Å²) in [7, 11) is 0. The monoisotopic (exact) mass is 327 g/mol. The van der Waals surface area contributed by atoms with Crippen molar-refractivity contribution in [2.75, 3.05) is 19.6 Å². The van der Waals surface area contributed by atoms with Crippen LogP contribution in [0.3, 0.4) is 0 Å². The predicted octanol–water partition coefficient (Wildman–Crippen LogP) is 5.02. The molecule has 1 unspecified atom stereocenters. The molecule has 0 amide bonds. The van der Waals surface area contributed by atoms with E-state index in [-0.39, 0.29) is 0 Å². The lowest BCUT2D eigenvalue weighted by Gasteiger charge is -2.22. The SMILES string of the molecule is CCN(CC)CC(O)c1ccc2cc(Cl)c3ccccc3c2c1. The summed E-state index contributed by atoms with van der Waals surface area (Å²) in [6.07, 6.45) is -0.478. The topological polar surface area (TPSA) is 23.5 Å². The van der Waals surface area contributed by atoms with Gasteiger partial charge in [0.05, 0.1) is 6.10 Å². The van der Waals surface area contributed by atoms with Gasteiger partial charge >= 0.3 is 0 Å². The Labute approximate surface area is 142 Å². The van der Waals surface area contributed by atoms with Crippen LogP contribution in [0, 0.1) is 0 Å². The van der Waals surface area contributed by atoms with Gasteiger partial charge < -0.3 is 10.0 Å². The molecule has 23 heavy (non-hydrogen) atoms. The summed E-state index contributed by atoms with van der Waals surface area (Å²) < 4.78 is 0. The molecule has 0 spiro atoms. The van der Waals surface area contributed by atoms with Crippen LogP contribution in [-0.4, -0.2) is 29.6 Å². The number of nitrogens with zero attached hydrogens (tertiary/aromatic N) is 1. The van der Waals surface area contributed by atoms with Crippen molar-refractivity contribution in [2.45, 2.75) is 20.0 Å². The standard InChI is InChI=1S/C20H22ClNO/c1-3-22(4-2)13-20(23)15-10-9-14-12-19(21)17-8-6-5-7-16(17)18(14)11-15/h5-12,20,23H,3-4,13H2,1-2H3. The molecule has 3 aromatic rings. The number of hydrogen-bond donors (Lipinski definition) is 1. The third kappa shape index (κ3) is 3.20. The molecule has 3 rings (SSSR count). The second-order valence-electron chi connectivity index (χ2n) is 5.89. The second kappa shape index (κ2) is 6.88. The Morgan fingerprint density at radius 2 is 1.65 bits per heavy atom. The molecule has 3 aromatic carbocycles. The second-order valence-corrected chi connectivity index (χ2v) is 6.29. The Bertz CT molecular complexity index is 826. The van der Waals surface area contributed by atoms with E-state index in [1.807, 2.05) is 30.3 Å². The van der Waals surface area contributed by atoms with Crippen molar-refractivity contribution in [3.05, 3.63) is 59.1 Å². The molecule has 3 heteroatoms. The fourth-order valence-electron chi connectivity index (χ4n) is 3.11. The van der Waals surface area contributed by atoms with Crippen molar-refractivity contribution in [1.29, 1.82) is 0 Å². The summed E-state index contributed by atoms with van der Waals surface area (Å²) in [5.41, 5.74) is 0.955. The third-order valence-electron chi connectivity index (χ3n) is 4.54. The van der Waals surface area contributed by atoms with E-state index in [2.05, 4.69) is 36.9 Å². The van der Waals surface area contributed by atoms with Gasteiger partial charge in [-0.05, 0) is 46.9 Å². The van der Waals surface area contributed by atoms with Gasteiger partial charge in [-0.1, -0.05) is 61.8 Å². The Hall–Kier alpha value is -1.61. The Balaban J connectivity index is 2.07. The number of rotatable bonds is 5. The van der Waals surface area contributed by atoms with Gasteiger partial charge in [0.1, 0.15) is 0 Å². The average Bonchev–Trinajstić information content (AvgIpc) is 2.59. The van der Waals surface area contributed by atoms with Crippen LogP contribution in [0.15, 0.2) is 48.5 Å². The maximum Gasteiger partial charge on any atom is 0.0917 e. The molecule has 0 heterocycles. The molecule has 1 N–H and O–H groups in total. The summed E-state index contributed by atoms with van der Waals surface area (Å²) in [6.45, 7) is 6.78. The zero-order chi connectivity index (χ0) is 16.4. The zero-order valence-corrected chi connectivity index (χ0v) is 14.3. The number of benzene rings is 3. The van der Waals surface area contributed by atoms with Crippen LogP contribution < -0.4 is 0 Å². The quantitative estimate of drug-likeness (QED) is 0.665. The van der Waals surface area contributed by atoms with Gasteiger partial charge in [0, 0.05) is 17.0 Å². The highest BCUT2D eigenvalue weighted by molar-refractivity contribution is 6.37. The van der Waals surface area contributed by atoms with E-state index in [1.54, 1.807) is 0 Å². The number of hydrogen-bond acceptors (Lipinski definition) is 2. The molecular weight excluding hydrogens is 306 g/mol. The molecule has 0 saturated carbocycles. The van der Waals surface area contributed by atoms with Crippen LogP contribution in [-0.2, 0) is 0 Å². The Morgan fingerprint density at radius 1 is 0.957 bits per heavy atom. The first kappa shape index (κ1) is 16.3. The van der Waals surface area contributed by atoms with Crippen LogP contribution >= 0.6 is 11.6 Å². The van der Waals surface area contributed by atoms with E-state index in [1.165, 1.54) is 0 Å². The lowest BCUT2D eigenvalue weighted by Crippen LogP contribution is -2.28. The van der Waals surface area contributed by atoms with Gasteiger partial charge in [0.15, 0.2) is 0 Å². The summed E-state index contributed by atoms with van der Waals surface area (Å²) in [5.74, 6) is 0. The van der Waals surface area contributed by atoms with E-state index in [4.69, 9.17) is 11.6 Å². The van der Waals surface area contributed by atoms with Crippen molar-refractivity contribution in [1.82, 2.24) is 4.90 Å². The van der Waals surface area contributed by atoms with Crippen molar-refractivity contribution in [3.8, 4) is 0 Å². The Morgan fingerprint density at radius 3 is 2.35 bits per heavy atom. The molecule has 0 aliphatic heterocycles. The van der Waals surface area contributed by atoms with E-state index < -0.39 is 6.10 Å². The van der Waals surface area contributed by atoms with Gasteiger partial charge in [-0.25, -0.2) is 0 Å². The molecule has 0 saturated heterocycles. The van der Waals surface area contributed by atoms with Gasteiger partial charge in [0.25, 0.3) is 0 Å². The van der Waals surface area contributed by atoms with Crippen LogP contribution in [0.2, 0.25) is 5.02 Å². The van der Waals surface area contributed by atoms with E-state index >= 15 is 0 Å². The fourth-order valence-corrected chi connectivity index (χ4v) is 3.39. The van der Waals surface area contributed by atoms with Gasteiger partial charge in [-0.3, -0.25) is 0 Å². The van der Waals surface area contributed by atoms with Crippen molar-refractivity contribution >= 4 is 33.1 Å². The maximum atomic E-state index is 10.6. The van der Waals surface area contributed by atoms with Crippen LogP contribution in [0.1, 0.15) is 25.5 Å². The van der Waals surface area contributed by atoms with E-state index in [0.29, 0.717) is 6.54 Å². The minimum absolute atomic E-state index is 0.478. The number of halogens is 1. The van der Waals surface area contributed by atoms with Crippen LogP contribution in [0.4, 0.5) is 0 Å². The summed E-state index contributed by atoms with van der Waals surface area (Å²) in [5, 5.41) is 15.8. The first-order valence-corrected chi connectivity index (χ1v) is 8.53. The number of fused-ring (bicyclic) bond motifs is 3. The molecule has 0 fully saturated rings. The first-order chi connectivity index (χ1) is 11.1. The number of aliphatic hydroxyl groups excluding tert-OH is 1. The minimum Gasteiger partial charge on any atom is -0.387 e. The van der Waals surface area contributed by atoms with Crippen molar-refractivity contribution in [3.63, 3.8) is 0 Å². The average molecular weight is 328 g/mol. The summed E-state index contributed by atoms with van der Waals surface area (Å²) in [6, 6.07) is 16.3. The molecule has 1 atom stereocenters. The highest BCUT2D eigenvalue weighted by atomic mass is 35.5. The normalized spacial score (nSPS) is 13.1. The molecule has 2 nitrogen and oxygen atoms in total. The first-order valence-electron chi connectivity index (χ1n) is 8.15. The lowest BCUT2D eigenvalue weighted by atomic mass is 9.98. The molecule has 120 valence electrons. The largest absolute Gasteiger partial charge is 0.387 e. The lowest BCUT2D eigenvalue weighted by molar-refractivity contribution is 0.119. The van der Waals surface area contributed by atoms with Crippen LogP contribution in [0.25, 0.3) is 21.5 Å². The minimum atomic E-state index is -0.478. The molecule has 0 radical (unpaired) electrons. The Kier molecular flexibility index (Phi) is 4.86. The maximum absolute atomic E-state index is 10.6. The highest BCUT2D eigenvalue weighted by Gasteiger charge is 2.13.